The first-order chi connectivity index (χ1) is 30.0. The van der Waals surface area contributed by atoms with Crippen molar-refractivity contribution in [3.8, 4) is 33.8 Å². The van der Waals surface area contributed by atoms with E-state index in [1.165, 1.54) is 0 Å². The largest absolute Gasteiger partial charge is 0.363 e. The van der Waals surface area contributed by atoms with E-state index in [9.17, 15) is 13.8 Å². The first kappa shape index (κ1) is 42.7. The van der Waals surface area contributed by atoms with Gasteiger partial charge in [-0.25, -0.2) is 9.97 Å². The first-order valence-corrected chi connectivity index (χ1v) is 22.0. The lowest BCUT2D eigenvalue weighted by Gasteiger charge is -2.29. The molecule has 0 unspecified atom stereocenters. The monoisotopic (exact) mass is 845 g/mol. The number of hydrogen-bond acceptors (Lipinski definition) is 12. The Labute approximate surface area is 361 Å². The summed E-state index contributed by atoms with van der Waals surface area (Å²) in [7, 11) is 1.97. The zero-order valence-corrected chi connectivity index (χ0v) is 35.6. The first-order valence-electron chi connectivity index (χ1n) is 19.9. The van der Waals surface area contributed by atoms with Gasteiger partial charge in [0.25, 0.3) is 11.8 Å². The van der Waals surface area contributed by atoms with Gasteiger partial charge >= 0.3 is 0 Å². The maximum Gasteiger partial charge on any atom is 0.253 e. The Kier molecular flexibility index (Phi) is 13.6. The predicted octanol–water partition coefficient (Wildman–Crippen LogP) is 5.91. The lowest BCUT2D eigenvalue weighted by molar-refractivity contribution is 0.0942. The number of rotatable bonds is 11. The third-order valence-corrected chi connectivity index (χ3v) is 11.9. The van der Waals surface area contributed by atoms with Gasteiger partial charge in [0.05, 0.1) is 28.2 Å². The van der Waals surface area contributed by atoms with Crippen LogP contribution in [0.1, 0.15) is 37.5 Å². The Balaban J connectivity index is 0.000000187. The molecule has 0 spiro atoms. The van der Waals surface area contributed by atoms with Crippen molar-refractivity contribution in [3.05, 3.63) is 162 Å². The van der Waals surface area contributed by atoms with Crippen molar-refractivity contribution in [3.63, 3.8) is 0 Å². The molecule has 1 saturated heterocycles. The van der Waals surface area contributed by atoms with Crippen LogP contribution in [0.4, 0.5) is 11.6 Å². The highest BCUT2D eigenvalue weighted by Crippen LogP contribution is 2.21. The second kappa shape index (κ2) is 19.8. The van der Waals surface area contributed by atoms with Gasteiger partial charge in [-0.3, -0.25) is 38.7 Å². The summed E-state index contributed by atoms with van der Waals surface area (Å²) >= 11 is 0. The van der Waals surface area contributed by atoms with Gasteiger partial charge in [0, 0.05) is 124 Å². The third kappa shape index (κ3) is 11.5. The minimum atomic E-state index is -1.92. The Morgan fingerprint density at radius 1 is 0.645 bits per heavy atom. The number of carbonyl (C=O) groups is 2. The Morgan fingerprint density at radius 2 is 1.24 bits per heavy atom. The molecule has 2 amide bonds. The SMILES string of the molecule is C=S1(=O)CCN(c2ccc(CNC(=O)c3ccc(-c4cccnc4)nc3)cn2)CC1.Cc1cc(-c2ccc(CNC(=O)c3ccc(-c4ccc(N(C)C)nc4)nc3)cn2)ccn1. The number of nitrogens with zero attached hydrogens (tertiary/aromatic N) is 9. The van der Waals surface area contributed by atoms with Crippen molar-refractivity contribution >= 4 is 38.8 Å². The minimum absolute atomic E-state index is 0.182. The van der Waals surface area contributed by atoms with E-state index in [-0.39, 0.29) is 11.8 Å². The van der Waals surface area contributed by atoms with Crippen LogP contribution >= 0.6 is 0 Å². The summed E-state index contributed by atoms with van der Waals surface area (Å²) in [4.78, 5) is 59.4. The lowest BCUT2D eigenvalue weighted by atomic mass is 10.1. The number of hydrogen-bond donors (Lipinski definition) is 2. The zero-order chi connectivity index (χ0) is 43.5. The van der Waals surface area contributed by atoms with Crippen LogP contribution < -0.4 is 20.4 Å². The predicted molar refractivity (Wildman–Crippen MR) is 245 cm³/mol. The van der Waals surface area contributed by atoms with Crippen molar-refractivity contribution < 1.29 is 13.8 Å². The van der Waals surface area contributed by atoms with E-state index in [1.807, 2.05) is 98.7 Å². The minimum Gasteiger partial charge on any atom is -0.363 e. The number of pyridine rings is 7. The van der Waals surface area contributed by atoms with E-state index in [2.05, 4.69) is 56.3 Å². The van der Waals surface area contributed by atoms with E-state index < -0.39 is 9.52 Å². The molecule has 0 aromatic carbocycles. The van der Waals surface area contributed by atoms with Gasteiger partial charge < -0.3 is 20.4 Å². The highest BCUT2D eigenvalue weighted by atomic mass is 32.2. The maximum absolute atomic E-state index is 12.5. The Bertz CT molecular complexity index is 2680. The third-order valence-electron chi connectivity index (χ3n) is 10.0. The highest BCUT2D eigenvalue weighted by Gasteiger charge is 2.18. The van der Waals surface area contributed by atoms with Crippen molar-refractivity contribution in [1.29, 1.82) is 0 Å². The van der Waals surface area contributed by atoms with Gasteiger partial charge in [0.2, 0.25) is 0 Å². The summed E-state index contributed by atoms with van der Waals surface area (Å²) in [5, 5.41) is 5.81. The summed E-state index contributed by atoms with van der Waals surface area (Å²) in [6, 6.07) is 26.5. The summed E-state index contributed by atoms with van der Waals surface area (Å²) < 4.78 is 12.0. The van der Waals surface area contributed by atoms with Crippen molar-refractivity contribution in [2.45, 2.75) is 20.0 Å². The molecule has 1 aliphatic rings. The van der Waals surface area contributed by atoms with Crippen LogP contribution in [0.5, 0.6) is 0 Å². The van der Waals surface area contributed by atoms with E-state index >= 15 is 0 Å². The number of anilines is 2. The molecule has 0 bridgehead atoms. The highest BCUT2D eigenvalue weighted by molar-refractivity contribution is 8.00. The second-order valence-electron chi connectivity index (χ2n) is 14.9. The van der Waals surface area contributed by atoms with Crippen molar-refractivity contribution in [1.82, 2.24) is 45.5 Å². The standard InChI is InChI=1S/C25H24N6O.C22H23N5O2S/c1-17-12-19(10-11-26-17)22-7-4-18(13-27-22)14-30-25(32)21-5-8-23(28-16-21)20-6-9-24(29-15-20)31(2)3;1-30(29)11-9-27(10-12-30)21-7-4-17(13-25-21)14-26-22(28)19-5-6-20(24-16-19)18-3-2-8-23-15-18/h4-13,15-16H,14H2,1-3H3,(H,30,32);2-8,13,15-16H,1,9-12,14H2,(H,26,28). The lowest BCUT2D eigenvalue weighted by Crippen LogP contribution is -2.40. The van der Waals surface area contributed by atoms with E-state index in [0.29, 0.717) is 48.8 Å². The van der Waals surface area contributed by atoms with Crippen LogP contribution in [-0.2, 0) is 22.6 Å². The van der Waals surface area contributed by atoms with Crippen LogP contribution in [0.3, 0.4) is 0 Å². The molecule has 2 N–H and O–H groups in total. The Morgan fingerprint density at radius 3 is 1.74 bits per heavy atom. The van der Waals surface area contributed by atoms with Crippen LogP contribution in [0.15, 0.2) is 135 Å². The fourth-order valence-electron chi connectivity index (χ4n) is 6.39. The fourth-order valence-corrected chi connectivity index (χ4v) is 7.70. The topological polar surface area (TPSA) is 172 Å². The Hall–Kier alpha value is -7.39. The molecule has 8 heterocycles. The van der Waals surface area contributed by atoms with Crippen LogP contribution in [0, 0.1) is 6.92 Å². The van der Waals surface area contributed by atoms with Gasteiger partial charge in [0.1, 0.15) is 11.6 Å². The average molecular weight is 846 g/mol. The molecule has 0 radical (unpaired) electrons. The summed E-state index contributed by atoms with van der Waals surface area (Å²) in [6.07, 6.45) is 13.7. The molecule has 1 aliphatic heterocycles. The summed E-state index contributed by atoms with van der Waals surface area (Å²) in [5.74, 6) is 6.35. The van der Waals surface area contributed by atoms with Gasteiger partial charge in [0.15, 0.2) is 0 Å². The van der Waals surface area contributed by atoms with Crippen LogP contribution in [0.25, 0.3) is 33.8 Å². The molecule has 7 aromatic heterocycles. The maximum atomic E-state index is 12.5. The van der Waals surface area contributed by atoms with Gasteiger partial charge in [-0.15, -0.1) is 0 Å². The van der Waals surface area contributed by atoms with Gasteiger partial charge in [-0.1, -0.05) is 12.1 Å². The number of nitrogens with one attached hydrogen (secondary N) is 2. The number of amides is 2. The van der Waals surface area contributed by atoms with E-state index in [0.717, 1.165) is 62.2 Å². The molecular weight excluding hydrogens is 799 g/mol. The molecule has 15 heteroatoms. The quantitative estimate of drug-likeness (QED) is 0.148. The molecule has 8 rings (SSSR count). The molecule has 14 nitrogen and oxygen atoms in total. The molecule has 0 saturated carbocycles. The molecule has 7 aromatic rings. The van der Waals surface area contributed by atoms with Gasteiger partial charge in [-0.05, 0) is 106 Å². The zero-order valence-electron chi connectivity index (χ0n) is 34.8. The number of carbonyl (C=O) groups excluding carboxylic acids is 2. The molecule has 62 heavy (non-hydrogen) atoms. The molecule has 314 valence electrons. The smallest absolute Gasteiger partial charge is 0.253 e. The van der Waals surface area contributed by atoms with Crippen molar-refractivity contribution in [2.24, 2.45) is 0 Å². The summed E-state index contributed by atoms with van der Waals surface area (Å²) in [5.41, 5.74) is 9.01. The normalized spacial score (nSPS) is 13.0. The molecule has 1 fully saturated rings. The fraction of sp³-hybridized carbons (Fsp3) is 0.191. The summed E-state index contributed by atoms with van der Waals surface area (Å²) in [6.45, 7) is 4.12. The average Bonchev–Trinajstić information content (AvgIpc) is 3.31. The van der Waals surface area contributed by atoms with E-state index in [4.69, 9.17) is 0 Å². The molecule has 0 aliphatic carbocycles. The second-order valence-corrected chi connectivity index (χ2v) is 17.6. The van der Waals surface area contributed by atoms with Gasteiger partial charge in [-0.2, -0.15) is 0 Å². The van der Waals surface area contributed by atoms with E-state index in [1.54, 1.807) is 61.7 Å². The number of aromatic nitrogens is 7. The van der Waals surface area contributed by atoms with Crippen LogP contribution in [0.2, 0.25) is 0 Å². The van der Waals surface area contributed by atoms with Crippen molar-refractivity contribution in [2.75, 3.05) is 48.5 Å². The number of aryl methyl sites for hydroxylation is 1. The van der Waals surface area contributed by atoms with Crippen LogP contribution in [-0.4, -0.2) is 95.5 Å². The molecular formula is C47H47N11O3S. The molecule has 0 atom stereocenters.